The summed E-state index contributed by atoms with van der Waals surface area (Å²) >= 11 is 0. The van der Waals surface area contributed by atoms with Crippen molar-refractivity contribution in [2.45, 2.75) is 180 Å². The third-order valence-corrected chi connectivity index (χ3v) is 9.61. The average Bonchev–Trinajstić information content (AvgIpc) is 3.17. The number of carbonyl (C=O) groups excluding carboxylic acids is 3. The van der Waals surface area contributed by atoms with E-state index in [1.165, 1.54) is 51.4 Å². The van der Waals surface area contributed by atoms with Crippen molar-refractivity contribution in [1.29, 1.82) is 0 Å². The Kier molecular flexibility index (Phi) is 37.3. The Labute approximate surface area is 349 Å². The second-order valence-electron chi connectivity index (χ2n) is 15.9. The fourth-order valence-electron chi connectivity index (χ4n) is 6.13. The smallest absolute Gasteiger partial charge is 0.306 e. The van der Waals surface area contributed by atoms with E-state index in [1.807, 2.05) is 0 Å². The molecule has 0 aromatic carbocycles. The minimum Gasteiger partial charge on any atom is -0.544 e. The number of allylic oxidation sites excluding steroid dienone is 12. The first-order valence-electron chi connectivity index (χ1n) is 22.5. The van der Waals surface area contributed by atoms with Crippen LogP contribution < -0.4 is 5.11 Å². The molecule has 0 amide bonds. The Balaban J connectivity index is 4.39. The van der Waals surface area contributed by atoms with Gasteiger partial charge in [-0.2, -0.15) is 0 Å². The molecule has 0 heterocycles. The normalized spacial score (nSPS) is 13.6. The van der Waals surface area contributed by atoms with Gasteiger partial charge in [-0.05, 0) is 64.2 Å². The molecule has 0 N–H and O–H groups in total. The summed E-state index contributed by atoms with van der Waals surface area (Å²) in [4.78, 5) is 36.8. The van der Waals surface area contributed by atoms with Crippen molar-refractivity contribution >= 4 is 17.9 Å². The molecule has 0 aromatic heterocycles. The second-order valence-corrected chi connectivity index (χ2v) is 15.9. The third-order valence-electron chi connectivity index (χ3n) is 9.61. The van der Waals surface area contributed by atoms with Gasteiger partial charge in [0.1, 0.15) is 12.6 Å². The number of carbonyl (C=O) groups is 3. The molecule has 8 nitrogen and oxygen atoms in total. The van der Waals surface area contributed by atoms with Crippen molar-refractivity contribution in [3.8, 4) is 0 Å². The molecule has 0 aliphatic heterocycles. The molecule has 0 aliphatic carbocycles. The zero-order valence-corrected chi connectivity index (χ0v) is 37.0. The molecule has 0 aliphatic rings. The summed E-state index contributed by atoms with van der Waals surface area (Å²) in [5.41, 5.74) is 0. The highest BCUT2D eigenvalue weighted by molar-refractivity contribution is 5.70. The van der Waals surface area contributed by atoms with Crippen LogP contribution in [0.4, 0.5) is 0 Å². The number of carboxylic acids is 1. The van der Waals surface area contributed by atoms with Gasteiger partial charge in [0.2, 0.25) is 0 Å². The number of hydrogen-bond donors (Lipinski definition) is 0. The number of unbranched alkanes of at least 4 members (excludes halogenated alkanes) is 13. The summed E-state index contributed by atoms with van der Waals surface area (Å²) in [6, 6.07) is -0.734. The van der Waals surface area contributed by atoms with Crippen molar-refractivity contribution in [1.82, 2.24) is 0 Å². The fraction of sp³-hybridized carbons (Fsp3) is 0.694. The lowest BCUT2D eigenvalue weighted by Gasteiger charge is -2.34. The number of likely N-dealkylation sites (N-methyl/N-ethyl adjacent to an activating group) is 1. The first-order valence-corrected chi connectivity index (χ1v) is 22.5. The standard InChI is InChI=1S/C49H83NO7/c1-6-8-10-12-14-16-18-19-20-21-22-23-24-25-26-27-28-30-32-34-36-38-40-48(52)57-45(43-55-42-41-46(49(53)54)50(3,4)5)44-56-47(51)39-37-35-33-31-29-17-15-13-11-9-7-2/h8,10,14,16,19-20,22-23,25-26,28,30,45-46H,6-7,9,11-13,15,17-18,21,24,27,29,31-44H2,1-5H3/b10-8+,16-14+,20-19+,23-22+,26-25+,30-28+. The lowest BCUT2D eigenvalue weighted by molar-refractivity contribution is -0.889. The summed E-state index contributed by atoms with van der Waals surface area (Å²) in [5.74, 6) is -1.78. The maximum atomic E-state index is 12.7. The Morgan fingerprint density at radius 2 is 0.982 bits per heavy atom. The Bertz CT molecular complexity index is 1160. The molecule has 0 spiro atoms. The van der Waals surface area contributed by atoms with Crippen LogP contribution in [0, 0.1) is 0 Å². The van der Waals surface area contributed by atoms with Crippen molar-refractivity contribution in [2.24, 2.45) is 0 Å². The predicted molar refractivity (Wildman–Crippen MR) is 235 cm³/mol. The van der Waals surface area contributed by atoms with E-state index in [0.29, 0.717) is 12.8 Å². The Hall–Kier alpha value is -3.23. The molecular formula is C49H83NO7. The predicted octanol–water partition coefficient (Wildman–Crippen LogP) is 11.0. The molecule has 0 saturated heterocycles. The van der Waals surface area contributed by atoms with E-state index in [9.17, 15) is 19.5 Å². The Morgan fingerprint density at radius 3 is 1.46 bits per heavy atom. The van der Waals surface area contributed by atoms with Crippen LogP contribution in [0.1, 0.15) is 168 Å². The monoisotopic (exact) mass is 798 g/mol. The van der Waals surface area contributed by atoms with Crippen LogP contribution >= 0.6 is 0 Å². The lowest BCUT2D eigenvalue weighted by Crippen LogP contribution is -2.55. The number of nitrogens with zero attached hydrogens (tertiary/aromatic N) is 1. The zero-order chi connectivity index (χ0) is 42.1. The van der Waals surface area contributed by atoms with Gasteiger partial charge in [-0.3, -0.25) is 9.59 Å². The minimum absolute atomic E-state index is 0.0249. The number of hydrogen-bond acceptors (Lipinski definition) is 7. The molecule has 0 aromatic rings. The van der Waals surface area contributed by atoms with Crippen molar-refractivity contribution in [3.63, 3.8) is 0 Å². The molecule has 0 fully saturated rings. The zero-order valence-electron chi connectivity index (χ0n) is 37.0. The minimum atomic E-state index is -1.13. The number of carboxylic acid groups (broad SMARTS) is 1. The van der Waals surface area contributed by atoms with Gasteiger partial charge in [0.25, 0.3) is 0 Å². The summed E-state index contributed by atoms with van der Waals surface area (Å²) in [6.45, 7) is 4.49. The van der Waals surface area contributed by atoms with E-state index in [4.69, 9.17) is 14.2 Å². The summed E-state index contributed by atoms with van der Waals surface area (Å²) in [7, 11) is 5.39. The van der Waals surface area contributed by atoms with E-state index in [2.05, 4.69) is 86.8 Å². The van der Waals surface area contributed by atoms with Gasteiger partial charge >= 0.3 is 11.9 Å². The lowest BCUT2D eigenvalue weighted by atomic mass is 10.1. The third kappa shape index (κ3) is 38.1. The van der Waals surface area contributed by atoms with Crippen LogP contribution in [-0.4, -0.2) is 75.5 Å². The van der Waals surface area contributed by atoms with E-state index >= 15 is 0 Å². The highest BCUT2D eigenvalue weighted by atomic mass is 16.6. The fourth-order valence-corrected chi connectivity index (χ4v) is 6.13. The highest BCUT2D eigenvalue weighted by Crippen LogP contribution is 2.13. The first-order chi connectivity index (χ1) is 27.6. The van der Waals surface area contributed by atoms with Crippen molar-refractivity contribution in [3.05, 3.63) is 72.9 Å². The van der Waals surface area contributed by atoms with Gasteiger partial charge in [-0.1, -0.05) is 157 Å². The molecular weight excluding hydrogens is 715 g/mol. The van der Waals surface area contributed by atoms with E-state index in [-0.39, 0.29) is 49.1 Å². The first kappa shape index (κ1) is 53.8. The molecule has 2 unspecified atom stereocenters. The SMILES string of the molecule is CC/C=C/C/C=C/C/C=C/C/C=C/C/C=C/C/C=C/CCCCCC(=O)OC(COCCC(C(=O)[O-])[N+](C)(C)C)COC(=O)CCCCCCCCCCCCC. The Morgan fingerprint density at radius 1 is 0.544 bits per heavy atom. The molecule has 0 rings (SSSR count). The number of quaternary nitrogens is 1. The van der Waals surface area contributed by atoms with Crippen molar-refractivity contribution < 1.29 is 38.2 Å². The van der Waals surface area contributed by atoms with Crippen LogP contribution in [0.5, 0.6) is 0 Å². The molecule has 57 heavy (non-hydrogen) atoms. The quantitative estimate of drug-likeness (QED) is 0.0264. The molecule has 0 bridgehead atoms. The van der Waals surface area contributed by atoms with Gasteiger partial charge in [0.05, 0.1) is 40.3 Å². The van der Waals surface area contributed by atoms with Gasteiger partial charge in [-0.15, -0.1) is 0 Å². The van der Waals surface area contributed by atoms with Crippen LogP contribution in [0.3, 0.4) is 0 Å². The van der Waals surface area contributed by atoms with Crippen molar-refractivity contribution in [2.75, 3.05) is 41.0 Å². The number of rotatable bonds is 39. The van der Waals surface area contributed by atoms with Gasteiger partial charge in [0.15, 0.2) is 6.10 Å². The van der Waals surface area contributed by atoms with Crippen LogP contribution in [0.25, 0.3) is 0 Å². The maximum Gasteiger partial charge on any atom is 0.306 e. The topological polar surface area (TPSA) is 102 Å². The molecule has 2 atom stereocenters. The molecule has 326 valence electrons. The van der Waals surface area contributed by atoms with Gasteiger partial charge in [-0.25, -0.2) is 0 Å². The molecule has 8 heteroatoms. The molecule has 0 radical (unpaired) electrons. The maximum absolute atomic E-state index is 12.7. The van der Waals surface area contributed by atoms with Crippen LogP contribution in [0.2, 0.25) is 0 Å². The molecule has 0 saturated carbocycles. The average molecular weight is 798 g/mol. The highest BCUT2D eigenvalue weighted by Gasteiger charge is 2.25. The summed E-state index contributed by atoms with van der Waals surface area (Å²) in [5, 5.41) is 11.6. The van der Waals surface area contributed by atoms with E-state index in [1.54, 1.807) is 21.1 Å². The van der Waals surface area contributed by atoms with Gasteiger partial charge < -0.3 is 28.6 Å². The van der Waals surface area contributed by atoms with Crippen LogP contribution in [-0.2, 0) is 28.6 Å². The van der Waals surface area contributed by atoms with E-state index in [0.717, 1.165) is 77.0 Å². The number of esters is 2. The second kappa shape index (κ2) is 39.6. The summed E-state index contributed by atoms with van der Waals surface area (Å²) < 4.78 is 17.1. The summed E-state index contributed by atoms with van der Waals surface area (Å²) in [6.07, 6.45) is 49.3. The van der Waals surface area contributed by atoms with Gasteiger partial charge in [0, 0.05) is 19.3 Å². The van der Waals surface area contributed by atoms with Crippen LogP contribution in [0.15, 0.2) is 72.9 Å². The number of aliphatic carboxylic acids is 1. The van der Waals surface area contributed by atoms with E-state index < -0.39 is 18.1 Å². The largest absolute Gasteiger partial charge is 0.544 e. The number of ether oxygens (including phenoxy) is 3.